The summed E-state index contributed by atoms with van der Waals surface area (Å²) in [5, 5.41) is 3.91. The number of rotatable bonds is 13. The molecule has 210 valence electrons. The summed E-state index contributed by atoms with van der Waals surface area (Å²) in [5.74, 6) is 0.980. The van der Waals surface area contributed by atoms with Crippen molar-refractivity contribution >= 4 is 21.8 Å². The van der Waals surface area contributed by atoms with E-state index < -0.39 is 16.1 Å². The lowest BCUT2D eigenvalue weighted by Crippen LogP contribution is -2.38. The number of anilines is 1. The molecule has 3 aromatic rings. The number of hydrogen-bond donors (Lipinski definition) is 0. The molecule has 1 unspecified atom stereocenters. The summed E-state index contributed by atoms with van der Waals surface area (Å²) in [7, 11) is -0.0964. The van der Waals surface area contributed by atoms with Gasteiger partial charge in [-0.2, -0.15) is 9.29 Å². The Morgan fingerprint density at radius 1 is 1.03 bits per heavy atom. The molecule has 1 amide bonds. The molecule has 39 heavy (non-hydrogen) atoms. The number of aryl methyl sites for hydroxylation is 2. The number of amides is 1. The van der Waals surface area contributed by atoms with E-state index in [0.717, 1.165) is 36.1 Å². The van der Waals surface area contributed by atoms with Gasteiger partial charge in [-0.15, -0.1) is 0 Å². The molecule has 1 aliphatic heterocycles. The zero-order valence-corrected chi connectivity index (χ0v) is 23.9. The number of carbonyl (C=O) groups excluding carboxylic acids is 1. The van der Waals surface area contributed by atoms with E-state index in [2.05, 4.69) is 17.1 Å². The lowest BCUT2D eigenvalue weighted by atomic mass is 10.1. The fourth-order valence-corrected chi connectivity index (χ4v) is 5.65. The summed E-state index contributed by atoms with van der Waals surface area (Å²) in [4.78, 5) is 20.6. The minimum absolute atomic E-state index is 0.299. The van der Waals surface area contributed by atoms with Crippen molar-refractivity contribution in [1.82, 2.24) is 19.3 Å². The zero-order chi connectivity index (χ0) is 28.0. The van der Waals surface area contributed by atoms with Crippen molar-refractivity contribution in [2.75, 3.05) is 45.2 Å². The smallest absolute Gasteiger partial charge is 0.414 e. The number of benzene rings is 2. The molecule has 0 N–H and O–H groups in total. The van der Waals surface area contributed by atoms with E-state index in [9.17, 15) is 13.2 Å². The van der Waals surface area contributed by atoms with Crippen molar-refractivity contribution in [2.45, 2.75) is 50.5 Å². The maximum absolute atomic E-state index is 13.0. The van der Waals surface area contributed by atoms with E-state index >= 15 is 0 Å². The van der Waals surface area contributed by atoms with Crippen LogP contribution in [0.3, 0.4) is 0 Å². The molecule has 0 bridgehead atoms. The van der Waals surface area contributed by atoms with Crippen LogP contribution >= 0.6 is 0 Å². The van der Waals surface area contributed by atoms with Gasteiger partial charge in [-0.05, 0) is 61.9 Å². The van der Waals surface area contributed by atoms with Gasteiger partial charge in [0.1, 0.15) is 6.10 Å². The Kier molecular flexibility index (Phi) is 9.36. The third kappa shape index (κ3) is 7.23. The van der Waals surface area contributed by atoms with Crippen LogP contribution in [0.25, 0.3) is 11.4 Å². The van der Waals surface area contributed by atoms with Crippen molar-refractivity contribution in [1.29, 1.82) is 0 Å². The van der Waals surface area contributed by atoms with Crippen LogP contribution < -0.4 is 4.90 Å². The van der Waals surface area contributed by atoms with Gasteiger partial charge in [0, 0.05) is 44.9 Å². The number of likely N-dealkylation sites (N-methyl/N-ethyl adjacent to an activating group) is 2. The average molecular weight is 556 g/mol. The molecular formula is C28H37N5O5S. The summed E-state index contributed by atoms with van der Waals surface area (Å²) in [5.41, 5.74) is 2.67. The van der Waals surface area contributed by atoms with Crippen molar-refractivity contribution in [3.63, 3.8) is 0 Å². The predicted octanol–water partition coefficient (Wildman–Crippen LogP) is 4.36. The Balaban J connectivity index is 1.26. The summed E-state index contributed by atoms with van der Waals surface area (Å²) < 4.78 is 38.1. The minimum atomic E-state index is -3.58. The first-order valence-corrected chi connectivity index (χ1v) is 14.7. The second kappa shape index (κ2) is 12.7. The molecular weight excluding hydrogens is 518 g/mol. The van der Waals surface area contributed by atoms with Gasteiger partial charge in [0.05, 0.1) is 11.4 Å². The maximum atomic E-state index is 13.0. The summed E-state index contributed by atoms with van der Waals surface area (Å²) in [6.45, 7) is 5.60. The number of nitrogens with zero attached hydrogens (tertiary/aromatic N) is 5. The Labute approximate surface area is 230 Å². The zero-order valence-electron chi connectivity index (χ0n) is 23.0. The fraction of sp³-hybridized carbons (Fsp3) is 0.464. The van der Waals surface area contributed by atoms with Crippen LogP contribution in [0.2, 0.25) is 0 Å². The van der Waals surface area contributed by atoms with E-state index in [-0.39, 0.29) is 6.10 Å². The molecule has 1 aromatic heterocycles. The molecule has 1 fully saturated rings. The summed E-state index contributed by atoms with van der Waals surface area (Å²) in [6, 6.07) is 14.5. The lowest BCUT2D eigenvalue weighted by Gasteiger charge is -2.23. The van der Waals surface area contributed by atoms with Gasteiger partial charge in [-0.1, -0.05) is 37.1 Å². The first kappa shape index (κ1) is 28.7. The predicted molar refractivity (Wildman–Crippen MR) is 149 cm³/mol. The normalized spacial score (nSPS) is 15.9. The maximum Gasteiger partial charge on any atom is 0.414 e. The van der Waals surface area contributed by atoms with Gasteiger partial charge in [0.25, 0.3) is 0 Å². The number of unbranched alkanes of at least 4 members (excludes halogenated alkanes) is 2. The molecule has 4 rings (SSSR count). The Bertz CT molecular complexity index is 1340. The molecule has 0 aliphatic carbocycles. The third-order valence-corrected chi connectivity index (χ3v) is 8.72. The van der Waals surface area contributed by atoms with E-state index in [1.807, 2.05) is 48.3 Å². The van der Waals surface area contributed by atoms with Crippen LogP contribution in [0, 0.1) is 6.92 Å². The second-order valence-electron chi connectivity index (χ2n) is 9.99. The monoisotopic (exact) mass is 555 g/mol. The number of hydrogen-bond acceptors (Lipinski definition) is 8. The lowest BCUT2D eigenvalue weighted by molar-refractivity contribution is 0.116. The van der Waals surface area contributed by atoms with Gasteiger partial charge in [-0.25, -0.2) is 13.2 Å². The quantitative estimate of drug-likeness (QED) is 0.286. The van der Waals surface area contributed by atoms with Crippen molar-refractivity contribution in [3.05, 3.63) is 60.0 Å². The third-order valence-electron chi connectivity index (χ3n) is 6.85. The standard InChI is InChI=1S/C28H37N5O5S/c1-5-6-7-8-22-9-15-26(16-10-22)39(35,36)32(4)18-17-31(3)19-25-20-33(28(34)37-25)24-13-11-23(12-14-24)27-29-21(2)38-30-27/h9-16,25H,5-8,17-20H2,1-4H3. The topological polar surface area (TPSA) is 109 Å². The van der Waals surface area contributed by atoms with Crippen LogP contribution in [0.4, 0.5) is 10.5 Å². The minimum Gasteiger partial charge on any atom is -0.443 e. The number of ether oxygens (including phenoxy) is 1. The molecule has 11 heteroatoms. The first-order chi connectivity index (χ1) is 18.7. The molecule has 1 saturated heterocycles. The Morgan fingerprint density at radius 2 is 1.74 bits per heavy atom. The summed E-state index contributed by atoms with van der Waals surface area (Å²) in [6.07, 6.45) is 3.66. The van der Waals surface area contributed by atoms with Crippen LogP contribution in [0.15, 0.2) is 57.9 Å². The molecule has 2 heterocycles. The van der Waals surface area contributed by atoms with Gasteiger partial charge in [-0.3, -0.25) is 4.90 Å². The van der Waals surface area contributed by atoms with Crippen LogP contribution in [-0.4, -0.2) is 80.2 Å². The molecule has 0 spiro atoms. The van der Waals surface area contributed by atoms with Crippen molar-refractivity contribution in [3.8, 4) is 11.4 Å². The highest BCUT2D eigenvalue weighted by Crippen LogP contribution is 2.25. The van der Waals surface area contributed by atoms with Gasteiger partial charge >= 0.3 is 6.09 Å². The molecule has 10 nitrogen and oxygen atoms in total. The van der Waals surface area contributed by atoms with Crippen LogP contribution in [0.5, 0.6) is 0 Å². The van der Waals surface area contributed by atoms with Crippen LogP contribution in [-0.2, 0) is 21.2 Å². The Hall–Kier alpha value is -3.28. The molecule has 1 atom stereocenters. The number of cyclic esters (lactones) is 1. The molecule has 0 radical (unpaired) electrons. The van der Waals surface area contributed by atoms with Crippen molar-refractivity contribution in [2.24, 2.45) is 0 Å². The van der Waals surface area contributed by atoms with E-state index in [1.54, 1.807) is 31.0 Å². The highest BCUT2D eigenvalue weighted by Gasteiger charge is 2.33. The number of carbonyl (C=O) groups is 1. The van der Waals surface area contributed by atoms with Gasteiger partial charge in [0.15, 0.2) is 0 Å². The average Bonchev–Trinajstić information content (AvgIpc) is 3.52. The number of aromatic nitrogens is 2. The molecule has 1 aliphatic rings. The summed E-state index contributed by atoms with van der Waals surface area (Å²) >= 11 is 0. The highest BCUT2D eigenvalue weighted by molar-refractivity contribution is 7.89. The SMILES string of the molecule is CCCCCc1ccc(S(=O)(=O)N(C)CCN(C)CC2CN(c3ccc(-c4noc(C)n4)cc3)C(=O)O2)cc1. The first-order valence-electron chi connectivity index (χ1n) is 13.3. The Morgan fingerprint density at radius 3 is 2.38 bits per heavy atom. The fourth-order valence-electron chi connectivity index (χ4n) is 4.49. The van der Waals surface area contributed by atoms with Crippen molar-refractivity contribution < 1.29 is 22.5 Å². The molecule has 0 saturated carbocycles. The van der Waals surface area contributed by atoms with Gasteiger partial charge < -0.3 is 14.2 Å². The number of sulfonamides is 1. The second-order valence-corrected chi connectivity index (χ2v) is 12.0. The largest absolute Gasteiger partial charge is 0.443 e. The van der Waals surface area contributed by atoms with E-state index in [4.69, 9.17) is 9.26 Å². The van der Waals surface area contributed by atoms with E-state index in [0.29, 0.717) is 42.8 Å². The molecule has 2 aromatic carbocycles. The van der Waals surface area contributed by atoms with Crippen LogP contribution in [0.1, 0.15) is 37.6 Å². The van der Waals surface area contributed by atoms with E-state index in [1.165, 1.54) is 10.7 Å². The highest BCUT2D eigenvalue weighted by atomic mass is 32.2. The van der Waals surface area contributed by atoms with Gasteiger partial charge in [0.2, 0.25) is 21.7 Å².